The molecule has 0 atom stereocenters. The van der Waals surface area contributed by atoms with Crippen LogP contribution in [0.15, 0.2) is 60.7 Å². The lowest BCUT2D eigenvalue weighted by molar-refractivity contribution is 0.0951. The van der Waals surface area contributed by atoms with E-state index in [1.165, 1.54) is 42.5 Å². The Morgan fingerprint density at radius 3 is 2.38 bits per heavy atom. The van der Waals surface area contributed by atoms with Gasteiger partial charge in [-0.1, -0.05) is 30.4 Å². The highest BCUT2D eigenvalue weighted by Crippen LogP contribution is 2.25. The van der Waals surface area contributed by atoms with Gasteiger partial charge in [-0.25, -0.2) is 4.39 Å². The predicted molar refractivity (Wildman–Crippen MR) is 109 cm³/mol. The van der Waals surface area contributed by atoms with Crippen molar-refractivity contribution in [2.45, 2.75) is 6.42 Å². The predicted octanol–water partition coefficient (Wildman–Crippen LogP) is 4.09. The summed E-state index contributed by atoms with van der Waals surface area (Å²) in [6, 6.07) is 14.8. The molecule has 4 N–H and O–H groups in total. The standard InChI is InChI=1S/C23H20FNO4/c24-18-6-2-15(3-7-18)11-12-25-23(29)20-13-16(4-9-22(20)28)1-5-17-14-19(26)8-10-21(17)27/h1-10,13-14,26-28H,11-12H2,(H,25,29)/b5-1+. The van der Waals surface area contributed by atoms with Crippen LogP contribution in [0.2, 0.25) is 0 Å². The molecule has 29 heavy (non-hydrogen) atoms. The lowest BCUT2D eigenvalue weighted by atomic mass is 10.1. The Labute approximate surface area is 167 Å². The number of nitrogens with one attached hydrogen (secondary N) is 1. The lowest BCUT2D eigenvalue weighted by Gasteiger charge is -2.08. The largest absolute Gasteiger partial charge is 0.508 e. The van der Waals surface area contributed by atoms with E-state index in [2.05, 4.69) is 5.32 Å². The molecule has 0 fully saturated rings. The van der Waals surface area contributed by atoms with E-state index in [9.17, 15) is 24.5 Å². The van der Waals surface area contributed by atoms with E-state index in [0.29, 0.717) is 24.1 Å². The molecule has 0 saturated heterocycles. The Morgan fingerprint density at radius 1 is 0.897 bits per heavy atom. The van der Waals surface area contributed by atoms with Crippen LogP contribution in [0.3, 0.4) is 0 Å². The summed E-state index contributed by atoms with van der Waals surface area (Å²) in [6.07, 6.45) is 3.78. The van der Waals surface area contributed by atoms with Gasteiger partial charge in [0.1, 0.15) is 23.1 Å². The number of aromatic hydroxyl groups is 3. The van der Waals surface area contributed by atoms with Crippen molar-refractivity contribution in [3.63, 3.8) is 0 Å². The SMILES string of the molecule is O=C(NCCc1ccc(F)cc1)c1cc(/C=C/c2cc(O)ccc2O)ccc1O. The van der Waals surface area contributed by atoms with Crippen LogP contribution in [-0.4, -0.2) is 27.8 Å². The van der Waals surface area contributed by atoms with Crippen LogP contribution in [0.25, 0.3) is 12.2 Å². The molecule has 0 spiro atoms. The number of hydrogen-bond acceptors (Lipinski definition) is 4. The first-order valence-corrected chi connectivity index (χ1v) is 8.98. The van der Waals surface area contributed by atoms with Gasteiger partial charge in [0.05, 0.1) is 5.56 Å². The fraction of sp³-hybridized carbons (Fsp3) is 0.0870. The number of phenolic OH excluding ortho intramolecular Hbond substituents is 3. The molecule has 0 aromatic heterocycles. The average Bonchev–Trinajstić information content (AvgIpc) is 2.71. The van der Waals surface area contributed by atoms with Gasteiger partial charge in [0.15, 0.2) is 0 Å². The fourth-order valence-corrected chi connectivity index (χ4v) is 2.77. The van der Waals surface area contributed by atoms with Crippen LogP contribution in [0.5, 0.6) is 17.2 Å². The molecule has 1 amide bonds. The fourth-order valence-electron chi connectivity index (χ4n) is 2.77. The number of rotatable bonds is 6. The summed E-state index contributed by atoms with van der Waals surface area (Å²) in [7, 11) is 0. The quantitative estimate of drug-likeness (QED) is 0.375. The Hall–Kier alpha value is -3.80. The van der Waals surface area contributed by atoms with Crippen LogP contribution < -0.4 is 5.32 Å². The van der Waals surface area contributed by atoms with E-state index in [1.54, 1.807) is 30.4 Å². The van der Waals surface area contributed by atoms with Crippen molar-refractivity contribution in [3.8, 4) is 17.2 Å². The van der Waals surface area contributed by atoms with Gasteiger partial charge in [-0.05, 0) is 60.0 Å². The third-order valence-electron chi connectivity index (χ3n) is 4.34. The third-order valence-corrected chi connectivity index (χ3v) is 4.34. The minimum Gasteiger partial charge on any atom is -0.508 e. The lowest BCUT2D eigenvalue weighted by Crippen LogP contribution is -2.25. The van der Waals surface area contributed by atoms with Crippen molar-refractivity contribution in [2.24, 2.45) is 0 Å². The molecule has 0 heterocycles. The number of carbonyl (C=O) groups is 1. The van der Waals surface area contributed by atoms with Crippen LogP contribution in [0.4, 0.5) is 4.39 Å². The van der Waals surface area contributed by atoms with Gasteiger partial charge >= 0.3 is 0 Å². The first kappa shape index (κ1) is 19.9. The zero-order valence-corrected chi connectivity index (χ0v) is 15.5. The molecule has 3 aromatic carbocycles. The summed E-state index contributed by atoms with van der Waals surface area (Å²) in [5.41, 5.74) is 2.06. The zero-order valence-electron chi connectivity index (χ0n) is 15.5. The highest BCUT2D eigenvalue weighted by atomic mass is 19.1. The van der Waals surface area contributed by atoms with E-state index in [-0.39, 0.29) is 28.6 Å². The monoisotopic (exact) mass is 393 g/mol. The second-order valence-corrected chi connectivity index (χ2v) is 6.49. The van der Waals surface area contributed by atoms with Gasteiger partial charge in [0.25, 0.3) is 5.91 Å². The molecule has 0 bridgehead atoms. The summed E-state index contributed by atoms with van der Waals surface area (Å²) < 4.78 is 12.9. The topological polar surface area (TPSA) is 89.8 Å². The summed E-state index contributed by atoms with van der Waals surface area (Å²) in [5, 5.41) is 32.1. The molecule has 0 unspecified atom stereocenters. The molecule has 5 nitrogen and oxygen atoms in total. The number of phenols is 3. The van der Waals surface area contributed by atoms with E-state index in [4.69, 9.17) is 0 Å². The average molecular weight is 393 g/mol. The summed E-state index contributed by atoms with van der Waals surface area (Å²) in [6.45, 7) is 0.334. The molecular formula is C23H20FNO4. The molecular weight excluding hydrogens is 373 g/mol. The first-order valence-electron chi connectivity index (χ1n) is 8.98. The van der Waals surface area contributed by atoms with E-state index in [0.717, 1.165) is 5.56 Å². The molecule has 0 aliphatic carbocycles. The van der Waals surface area contributed by atoms with Gasteiger partial charge in [-0.3, -0.25) is 4.79 Å². The van der Waals surface area contributed by atoms with Gasteiger partial charge < -0.3 is 20.6 Å². The van der Waals surface area contributed by atoms with Gasteiger partial charge in [-0.15, -0.1) is 0 Å². The molecule has 0 radical (unpaired) electrons. The van der Waals surface area contributed by atoms with E-state index >= 15 is 0 Å². The van der Waals surface area contributed by atoms with Crippen molar-refractivity contribution in [1.82, 2.24) is 5.32 Å². The number of halogens is 1. The normalized spacial score (nSPS) is 10.9. The molecule has 148 valence electrons. The molecule has 3 aromatic rings. The van der Waals surface area contributed by atoms with Crippen molar-refractivity contribution < 1.29 is 24.5 Å². The second kappa shape index (κ2) is 8.93. The summed E-state index contributed by atoms with van der Waals surface area (Å²) >= 11 is 0. The maximum atomic E-state index is 12.9. The van der Waals surface area contributed by atoms with Crippen LogP contribution >= 0.6 is 0 Å². The smallest absolute Gasteiger partial charge is 0.255 e. The first-order chi connectivity index (χ1) is 13.9. The highest BCUT2D eigenvalue weighted by molar-refractivity contribution is 5.97. The Bertz CT molecular complexity index is 1050. The van der Waals surface area contributed by atoms with Gasteiger partial charge in [0, 0.05) is 12.1 Å². The minimum atomic E-state index is -0.430. The van der Waals surface area contributed by atoms with Crippen molar-refractivity contribution in [3.05, 3.63) is 88.7 Å². The van der Waals surface area contributed by atoms with Crippen LogP contribution in [-0.2, 0) is 6.42 Å². The Morgan fingerprint density at radius 2 is 1.62 bits per heavy atom. The van der Waals surface area contributed by atoms with Crippen molar-refractivity contribution in [1.29, 1.82) is 0 Å². The minimum absolute atomic E-state index is 0.0107. The maximum absolute atomic E-state index is 12.9. The zero-order chi connectivity index (χ0) is 20.8. The van der Waals surface area contributed by atoms with Crippen LogP contribution in [0.1, 0.15) is 27.0 Å². The van der Waals surface area contributed by atoms with Crippen LogP contribution in [0, 0.1) is 5.82 Å². The van der Waals surface area contributed by atoms with E-state index < -0.39 is 5.91 Å². The van der Waals surface area contributed by atoms with Crippen molar-refractivity contribution >= 4 is 18.1 Å². The second-order valence-electron chi connectivity index (χ2n) is 6.49. The molecule has 6 heteroatoms. The Kier molecular flexibility index (Phi) is 6.14. The maximum Gasteiger partial charge on any atom is 0.255 e. The van der Waals surface area contributed by atoms with Gasteiger partial charge in [0.2, 0.25) is 0 Å². The number of carbonyl (C=O) groups excluding carboxylic acids is 1. The molecule has 3 rings (SSSR count). The highest BCUT2D eigenvalue weighted by Gasteiger charge is 2.11. The molecule has 0 aliphatic rings. The van der Waals surface area contributed by atoms with Gasteiger partial charge in [-0.2, -0.15) is 0 Å². The third kappa shape index (κ3) is 5.35. The summed E-state index contributed by atoms with van der Waals surface area (Å²) in [4.78, 5) is 12.4. The molecule has 0 aliphatic heterocycles. The summed E-state index contributed by atoms with van der Waals surface area (Å²) in [5.74, 6) is -0.862. The molecule has 0 saturated carbocycles. The number of amides is 1. The van der Waals surface area contributed by atoms with Crippen molar-refractivity contribution in [2.75, 3.05) is 6.54 Å². The number of benzene rings is 3. The number of hydrogen-bond donors (Lipinski definition) is 4. The Balaban J connectivity index is 1.67. The van der Waals surface area contributed by atoms with E-state index in [1.807, 2.05) is 0 Å².